The van der Waals surface area contributed by atoms with Crippen molar-refractivity contribution in [3.8, 4) is 5.75 Å². The summed E-state index contributed by atoms with van der Waals surface area (Å²) >= 11 is 6.08. The maximum absolute atomic E-state index is 12.0. The predicted molar refractivity (Wildman–Crippen MR) is 89.2 cm³/mol. The molecule has 120 valence electrons. The Hall–Kier alpha value is -2.46. The lowest BCUT2D eigenvalue weighted by molar-refractivity contribution is -0.133. The quantitative estimate of drug-likeness (QED) is 0.454. The van der Waals surface area contributed by atoms with Crippen LogP contribution in [0.4, 0.5) is 0 Å². The van der Waals surface area contributed by atoms with Crippen LogP contribution in [0.25, 0.3) is 5.57 Å². The zero-order valence-corrected chi connectivity index (χ0v) is 13.7. The van der Waals surface area contributed by atoms with Gasteiger partial charge in [-0.05, 0) is 23.3 Å². The van der Waals surface area contributed by atoms with Gasteiger partial charge in [0.05, 0.1) is 25.5 Å². The largest absolute Gasteiger partial charge is 0.503 e. The van der Waals surface area contributed by atoms with E-state index in [1.807, 2.05) is 36.4 Å². The Kier molecular flexibility index (Phi) is 6.06. The first-order valence-corrected chi connectivity index (χ1v) is 7.32. The molecule has 2 aromatic carbocycles. The van der Waals surface area contributed by atoms with Crippen LogP contribution in [-0.4, -0.2) is 20.2 Å². The number of para-hydroxylation sites is 1. The molecule has 0 N–H and O–H groups in total. The van der Waals surface area contributed by atoms with Gasteiger partial charge in [-0.2, -0.15) is 0 Å². The van der Waals surface area contributed by atoms with Crippen LogP contribution in [0.15, 0.2) is 54.8 Å². The van der Waals surface area contributed by atoms with Gasteiger partial charge in [-0.1, -0.05) is 48.0 Å². The molecule has 0 saturated heterocycles. The molecule has 0 aliphatic rings. The second-order valence-electron chi connectivity index (χ2n) is 4.64. The lowest BCUT2D eigenvalue weighted by Crippen LogP contribution is -2.08. The molecule has 0 heterocycles. The number of carbonyl (C=O) groups excluding carboxylic acids is 1. The monoisotopic (exact) mass is 332 g/mol. The van der Waals surface area contributed by atoms with Crippen molar-refractivity contribution in [3.05, 3.63) is 70.9 Å². The van der Waals surface area contributed by atoms with Crippen molar-refractivity contribution >= 4 is 23.1 Å². The number of hydrogen-bond donors (Lipinski definition) is 0. The number of halogens is 1. The van der Waals surface area contributed by atoms with Crippen molar-refractivity contribution in [2.24, 2.45) is 0 Å². The smallest absolute Gasteiger partial charge is 0.341 e. The van der Waals surface area contributed by atoms with Gasteiger partial charge in [0.15, 0.2) is 0 Å². The highest BCUT2D eigenvalue weighted by molar-refractivity contribution is 6.32. The molecule has 0 amide bonds. The molecule has 0 fully saturated rings. The zero-order valence-electron chi connectivity index (χ0n) is 12.9. The lowest BCUT2D eigenvalue weighted by Gasteiger charge is -2.13. The molecule has 0 aliphatic heterocycles. The van der Waals surface area contributed by atoms with Gasteiger partial charge in [-0.25, -0.2) is 4.79 Å². The number of methoxy groups -OCH3 is 2. The number of rotatable bonds is 6. The molecule has 0 bridgehead atoms. The van der Waals surface area contributed by atoms with E-state index in [1.165, 1.54) is 20.5 Å². The van der Waals surface area contributed by atoms with E-state index in [0.29, 0.717) is 21.9 Å². The SMILES string of the molecule is CO/C=C(/C(=O)OC)c1ccccc1COc1ccccc1Cl. The minimum Gasteiger partial charge on any atom is -0.503 e. The van der Waals surface area contributed by atoms with Gasteiger partial charge in [0, 0.05) is 0 Å². The first-order valence-electron chi connectivity index (χ1n) is 6.94. The first-order chi connectivity index (χ1) is 11.2. The van der Waals surface area contributed by atoms with Crippen LogP contribution in [-0.2, 0) is 20.9 Å². The topological polar surface area (TPSA) is 44.8 Å². The fourth-order valence-electron chi connectivity index (χ4n) is 2.08. The summed E-state index contributed by atoms with van der Waals surface area (Å²) in [6, 6.07) is 14.6. The zero-order chi connectivity index (χ0) is 16.7. The predicted octanol–water partition coefficient (Wildman–Crippen LogP) is 4.08. The van der Waals surface area contributed by atoms with E-state index in [0.717, 1.165) is 5.56 Å². The van der Waals surface area contributed by atoms with Crippen molar-refractivity contribution in [2.75, 3.05) is 14.2 Å². The average molecular weight is 333 g/mol. The Morgan fingerprint density at radius 3 is 2.48 bits per heavy atom. The van der Waals surface area contributed by atoms with E-state index >= 15 is 0 Å². The Labute approximate surface area is 140 Å². The molecule has 2 rings (SSSR count). The molecular formula is C18H17ClO4. The molecule has 0 radical (unpaired) electrons. The molecule has 0 saturated carbocycles. The van der Waals surface area contributed by atoms with E-state index in [2.05, 4.69) is 0 Å². The van der Waals surface area contributed by atoms with E-state index < -0.39 is 5.97 Å². The summed E-state index contributed by atoms with van der Waals surface area (Å²) in [5.41, 5.74) is 1.84. The van der Waals surface area contributed by atoms with Crippen LogP contribution in [0, 0.1) is 0 Å². The van der Waals surface area contributed by atoms with Gasteiger partial charge in [-0.3, -0.25) is 0 Å². The van der Waals surface area contributed by atoms with Crippen LogP contribution < -0.4 is 4.74 Å². The maximum atomic E-state index is 12.0. The van der Waals surface area contributed by atoms with Gasteiger partial charge in [-0.15, -0.1) is 0 Å². The van der Waals surface area contributed by atoms with Crippen LogP contribution in [0.2, 0.25) is 5.02 Å². The summed E-state index contributed by atoms with van der Waals surface area (Å²) in [5.74, 6) is 0.108. The number of hydrogen-bond acceptors (Lipinski definition) is 4. The number of benzene rings is 2. The maximum Gasteiger partial charge on any atom is 0.341 e. The van der Waals surface area contributed by atoms with Crippen molar-refractivity contribution in [3.63, 3.8) is 0 Å². The second kappa shape index (κ2) is 8.25. The highest BCUT2D eigenvalue weighted by Gasteiger charge is 2.17. The van der Waals surface area contributed by atoms with E-state index in [-0.39, 0.29) is 6.61 Å². The number of ether oxygens (including phenoxy) is 3. The molecule has 4 nitrogen and oxygen atoms in total. The summed E-state index contributed by atoms with van der Waals surface area (Å²) in [6.07, 6.45) is 1.36. The molecular weight excluding hydrogens is 316 g/mol. The van der Waals surface area contributed by atoms with Crippen molar-refractivity contribution in [1.29, 1.82) is 0 Å². The van der Waals surface area contributed by atoms with Crippen molar-refractivity contribution in [1.82, 2.24) is 0 Å². The van der Waals surface area contributed by atoms with Gasteiger partial charge in [0.25, 0.3) is 0 Å². The number of carbonyl (C=O) groups is 1. The highest BCUT2D eigenvalue weighted by atomic mass is 35.5. The number of esters is 1. The second-order valence-corrected chi connectivity index (χ2v) is 5.04. The van der Waals surface area contributed by atoms with Crippen LogP contribution in [0.1, 0.15) is 11.1 Å². The minimum absolute atomic E-state index is 0.262. The van der Waals surface area contributed by atoms with Gasteiger partial charge < -0.3 is 14.2 Å². The molecule has 0 atom stereocenters. The Morgan fingerprint density at radius 1 is 1.09 bits per heavy atom. The molecule has 5 heteroatoms. The van der Waals surface area contributed by atoms with Crippen molar-refractivity contribution < 1.29 is 19.0 Å². The van der Waals surface area contributed by atoms with Crippen LogP contribution in [0.5, 0.6) is 5.75 Å². The van der Waals surface area contributed by atoms with Crippen LogP contribution in [0.3, 0.4) is 0 Å². The fourth-order valence-corrected chi connectivity index (χ4v) is 2.27. The van der Waals surface area contributed by atoms with Gasteiger partial charge in [0.2, 0.25) is 0 Å². The molecule has 23 heavy (non-hydrogen) atoms. The van der Waals surface area contributed by atoms with E-state index in [1.54, 1.807) is 12.1 Å². The fraction of sp³-hybridized carbons (Fsp3) is 0.167. The third kappa shape index (κ3) is 4.27. The third-order valence-electron chi connectivity index (χ3n) is 3.17. The van der Waals surface area contributed by atoms with Crippen molar-refractivity contribution in [2.45, 2.75) is 6.61 Å². The van der Waals surface area contributed by atoms with Gasteiger partial charge >= 0.3 is 5.97 Å². The Morgan fingerprint density at radius 2 is 1.78 bits per heavy atom. The molecule has 0 unspecified atom stereocenters. The molecule has 0 aliphatic carbocycles. The molecule has 0 aromatic heterocycles. The summed E-state index contributed by atoms with van der Waals surface area (Å²) in [6.45, 7) is 0.262. The average Bonchev–Trinajstić information content (AvgIpc) is 2.59. The standard InChI is InChI=1S/C18H17ClO4/c1-21-12-15(18(20)22-2)14-8-4-3-7-13(14)11-23-17-10-6-5-9-16(17)19/h3-10,12H,11H2,1-2H3/b15-12+. The first kappa shape index (κ1) is 16.9. The van der Waals surface area contributed by atoms with E-state index in [9.17, 15) is 4.79 Å². The normalized spacial score (nSPS) is 11.0. The van der Waals surface area contributed by atoms with E-state index in [4.69, 9.17) is 25.8 Å². The molecule has 2 aromatic rings. The lowest BCUT2D eigenvalue weighted by atomic mass is 10.0. The highest BCUT2D eigenvalue weighted by Crippen LogP contribution is 2.26. The Balaban J connectivity index is 2.28. The summed E-state index contributed by atoms with van der Waals surface area (Å²) in [7, 11) is 2.81. The summed E-state index contributed by atoms with van der Waals surface area (Å²) in [5, 5.41) is 0.533. The van der Waals surface area contributed by atoms with Crippen LogP contribution >= 0.6 is 11.6 Å². The Bertz CT molecular complexity index is 710. The minimum atomic E-state index is -0.475. The van der Waals surface area contributed by atoms with Gasteiger partial charge in [0.1, 0.15) is 17.9 Å². The molecule has 0 spiro atoms. The third-order valence-corrected chi connectivity index (χ3v) is 3.48. The summed E-state index contributed by atoms with van der Waals surface area (Å²) in [4.78, 5) is 12.0. The summed E-state index contributed by atoms with van der Waals surface area (Å²) < 4.78 is 15.6.